The predicted molar refractivity (Wildman–Crippen MR) is 75.4 cm³/mol. The van der Waals surface area contributed by atoms with E-state index in [1.807, 2.05) is 31.2 Å². The highest BCUT2D eigenvalue weighted by molar-refractivity contribution is 5.96. The van der Waals surface area contributed by atoms with E-state index in [-0.39, 0.29) is 5.78 Å². The van der Waals surface area contributed by atoms with Crippen molar-refractivity contribution < 1.29 is 9.53 Å². The maximum atomic E-state index is 11.7. The molecule has 0 amide bonds. The van der Waals surface area contributed by atoms with Crippen LogP contribution in [-0.4, -0.2) is 12.4 Å². The summed E-state index contributed by atoms with van der Waals surface area (Å²) in [4.78, 5) is 11.7. The van der Waals surface area contributed by atoms with Gasteiger partial charge < -0.3 is 4.74 Å². The van der Waals surface area contributed by atoms with Gasteiger partial charge in [-0.15, -0.1) is 6.58 Å². The maximum absolute atomic E-state index is 11.7. The maximum Gasteiger partial charge on any atom is 0.162 e. The lowest BCUT2D eigenvalue weighted by atomic mass is 10.0. The minimum absolute atomic E-state index is 0.167. The molecule has 18 heavy (non-hydrogen) atoms. The van der Waals surface area contributed by atoms with Crippen LogP contribution in [0.2, 0.25) is 0 Å². The first-order valence-corrected chi connectivity index (χ1v) is 6.62. The van der Waals surface area contributed by atoms with E-state index >= 15 is 0 Å². The van der Waals surface area contributed by atoms with Crippen molar-refractivity contribution >= 4 is 5.78 Å². The van der Waals surface area contributed by atoms with Gasteiger partial charge in [0.05, 0.1) is 6.61 Å². The van der Waals surface area contributed by atoms with Crippen LogP contribution in [0.15, 0.2) is 30.9 Å². The molecular weight excluding hydrogens is 224 g/mol. The number of carbonyl (C=O) groups excluding carboxylic acids is 1. The summed E-state index contributed by atoms with van der Waals surface area (Å²) in [6, 6.07) is 5.67. The standard InChI is InChI=1S/C16H22O2/c1-4-7-11-18-16-10-9-13(15(17)6-3)12-14(16)8-5-2/h5,9-10,12H,2,4,6-8,11H2,1,3H3. The molecule has 2 heteroatoms. The highest BCUT2D eigenvalue weighted by Crippen LogP contribution is 2.22. The van der Waals surface area contributed by atoms with Crippen molar-refractivity contribution in [2.75, 3.05) is 6.61 Å². The second-order valence-corrected chi connectivity index (χ2v) is 4.29. The van der Waals surface area contributed by atoms with Crippen molar-refractivity contribution in [1.29, 1.82) is 0 Å². The molecule has 0 aliphatic heterocycles. The fraction of sp³-hybridized carbons (Fsp3) is 0.438. The molecule has 0 fully saturated rings. The summed E-state index contributed by atoms with van der Waals surface area (Å²) in [5, 5.41) is 0. The minimum Gasteiger partial charge on any atom is -0.493 e. The second kappa shape index (κ2) is 7.70. The Balaban J connectivity index is 2.89. The van der Waals surface area contributed by atoms with Gasteiger partial charge in [-0.25, -0.2) is 0 Å². The Morgan fingerprint density at radius 2 is 2.17 bits per heavy atom. The van der Waals surface area contributed by atoms with E-state index < -0.39 is 0 Å². The molecule has 98 valence electrons. The first-order chi connectivity index (χ1) is 8.72. The first kappa shape index (κ1) is 14.5. The predicted octanol–water partition coefficient (Wildman–Crippen LogP) is 4.19. The van der Waals surface area contributed by atoms with Gasteiger partial charge in [-0.2, -0.15) is 0 Å². The van der Waals surface area contributed by atoms with Gasteiger partial charge in [0.1, 0.15) is 5.75 Å². The van der Waals surface area contributed by atoms with Crippen LogP contribution in [0.3, 0.4) is 0 Å². The summed E-state index contributed by atoms with van der Waals surface area (Å²) >= 11 is 0. The summed E-state index contributed by atoms with van der Waals surface area (Å²) in [5.74, 6) is 1.04. The van der Waals surface area contributed by atoms with Gasteiger partial charge in [-0.05, 0) is 36.6 Å². The molecule has 1 aromatic rings. The number of ether oxygens (including phenoxy) is 1. The van der Waals surface area contributed by atoms with Gasteiger partial charge in [-0.3, -0.25) is 4.79 Å². The lowest BCUT2D eigenvalue weighted by Crippen LogP contribution is -2.02. The van der Waals surface area contributed by atoms with Crippen LogP contribution in [0.1, 0.15) is 49.0 Å². The van der Waals surface area contributed by atoms with E-state index in [4.69, 9.17) is 4.74 Å². The molecule has 0 saturated carbocycles. The molecule has 0 unspecified atom stereocenters. The molecule has 0 saturated heterocycles. The van der Waals surface area contributed by atoms with Gasteiger partial charge >= 0.3 is 0 Å². The van der Waals surface area contributed by atoms with Crippen molar-refractivity contribution in [1.82, 2.24) is 0 Å². The van der Waals surface area contributed by atoms with Crippen molar-refractivity contribution in [2.45, 2.75) is 39.5 Å². The number of rotatable bonds is 8. The van der Waals surface area contributed by atoms with E-state index in [2.05, 4.69) is 13.5 Å². The molecule has 0 bridgehead atoms. The van der Waals surface area contributed by atoms with Crippen LogP contribution in [-0.2, 0) is 6.42 Å². The van der Waals surface area contributed by atoms with Crippen molar-refractivity contribution in [3.8, 4) is 5.75 Å². The van der Waals surface area contributed by atoms with E-state index in [1.54, 1.807) is 0 Å². The summed E-state index contributed by atoms with van der Waals surface area (Å²) < 4.78 is 5.74. The molecule has 2 nitrogen and oxygen atoms in total. The summed E-state index contributed by atoms with van der Waals surface area (Å²) in [5.41, 5.74) is 1.80. The van der Waals surface area contributed by atoms with Crippen LogP contribution >= 0.6 is 0 Å². The van der Waals surface area contributed by atoms with Crippen LogP contribution in [0.25, 0.3) is 0 Å². The highest BCUT2D eigenvalue weighted by Gasteiger charge is 2.08. The van der Waals surface area contributed by atoms with Gasteiger partial charge in [0, 0.05) is 12.0 Å². The molecule has 0 atom stereocenters. The van der Waals surface area contributed by atoms with E-state index in [9.17, 15) is 4.79 Å². The average Bonchev–Trinajstić information content (AvgIpc) is 2.40. The summed E-state index contributed by atoms with van der Waals surface area (Å²) in [6.45, 7) is 8.48. The number of ketones is 1. The number of Topliss-reactive ketones (excluding diaryl/α,β-unsaturated/α-hetero) is 1. The number of benzene rings is 1. The number of hydrogen-bond acceptors (Lipinski definition) is 2. The van der Waals surface area contributed by atoms with Gasteiger partial charge in [0.25, 0.3) is 0 Å². The number of carbonyl (C=O) groups is 1. The Labute approximate surface area is 110 Å². The Morgan fingerprint density at radius 1 is 1.39 bits per heavy atom. The quantitative estimate of drug-likeness (QED) is 0.390. The summed E-state index contributed by atoms with van der Waals surface area (Å²) in [7, 11) is 0. The first-order valence-electron chi connectivity index (χ1n) is 6.62. The number of unbranched alkanes of at least 4 members (excludes halogenated alkanes) is 1. The molecule has 0 aliphatic rings. The summed E-state index contributed by atoms with van der Waals surface area (Å²) in [6.07, 6.45) is 5.25. The number of hydrogen-bond donors (Lipinski definition) is 0. The zero-order valence-corrected chi connectivity index (χ0v) is 11.4. The highest BCUT2D eigenvalue weighted by atomic mass is 16.5. The van der Waals surface area contributed by atoms with Crippen LogP contribution in [0.5, 0.6) is 5.75 Å². The molecule has 0 N–H and O–H groups in total. The second-order valence-electron chi connectivity index (χ2n) is 4.29. The molecular formula is C16H22O2. The third kappa shape index (κ3) is 4.02. The van der Waals surface area contributed by atoms with Crippen LogP contribution < -0.4 is 4.74 Å². The molecule has 0 heterocycles. The Hall–Kier alpha value is -1.57. The normalized spacial score (nSPS) is 10.1. The van der Waals surface area contributed by atoms with E-state index in [0.717, 1.165) is 42.7 Å². The molecule has 0 radical (unpaired) electrons. The Kier molecular flexibility index (Phi) is 6.20. The molecule has 0 aliphatic carbocycles. The van der Waals surface area contributed by atoms with Crippen LogP contribution in [0, 0.1) is 0 Å². The largest absolute Gasteiger partial charge is 0.493 e. The Morgan fingerprint density at radius 3 is 2.78 bits per heavy atom. The lowest BCUT2D eigenvalue weighted by molar-refractivity contribution is 0.0988. The van der Waals surface area contributed by atoms with Gasteiger partial charge in [0.2, 0.25) is 0 Å². The molecule has 1 rings (SSSR count). The van der Waals surface area contributed by atoms with E-state index in [0.29, 0.717) is 6.42 Å². The Bertz CT molecular complexity index is 408. The topological polar surface area (TPSA) is 26.3 Å². The third-order valence-electron chi connectivity index (χ3n) is 2.82. The smallest absolute Gasteiger partial charge is 0.162 e. The molecule has 0 spiro atoms. The van der Waals surface area contributed by atoms with Gasteiger partial charge in [0.15, 0.2) is 5.78 Å². The third-order valence-corrected chi connectivity index (χ3v) is 2.82. The fourth-order valence-electron chi connectivity index (χ4n) is 1.74. The zero-order chi connectivity index (χ0) is 13.4. The molecule has 1 aromatic carbocycles. The average molecular weight is 246 g/mol. The van der Waals surface area contributed by atoms with Crippen molar-refractivity contribution in [3.63, 3.8) is 0 Å². The van der Waals surface area contributed by atoms with E-state index in [1.165, 1.54) is 0 Å². The van der Waals surface area contributed by atoms with Crippen LogP contribution in [0.4, 0.5) is 0 Å². The van der Waals surface area contributed by atoms with Crippen molar-refractivity contribution in [3.05, 3.63) is 42.0 Å². The lowest BCUT2D eigenvalue weighted by Gasteiger charge is -2.11. The van der Waals surface area contributed by atoms with Gasteiger partial charge in [-0.1, -0.05) is 26.3 Å². The minimum atomic E-state index is 0.167. The molecule has 0 aromatic heterocycles. The monoisotopic (exact) mass is 246 g/mol. The van der Waals surface area contributed by atoms with Crippen molar-refractivity contribution in [2.24, 2.45) is 0 Å². The zero-order valence-electron chi connectivity index (χ0n) is 11.4. The number of allylic oxidation sites excluding steroid dienone is 1. The SMILES string of the molecule is C=CCc1cc(C(=O)CC)ccc1OCCCC. The fourth-order valence-corrected chi connectivity index (χ4v) is 1.74.